The molecule has 3 aromatic rings. The molecule has 3 rings (SSSR count). The van der Waals surface area contributed by atoms with Crippen LogP contribution in [-0.4, -0.2) is 35.3 Å². The van der Waals surface area contributed by atoms with Crippen molar-refractivity contribution in [2.24, 2.45) is 0 Å². The van der Waals surface area contributed by atoms with E-state index in [4.69, 9.17) is 0 Å². The minimum absolute atomic E-state index is 0.0199. The van der Waals surface area contributed by atoms with Crippen LogP contribution in [0.1, 0.15) is 25.0 Å². The van der Waals surface area contributed by atoms with Crippen molar-refractivity contribution in [1.82, 2.24) is 3.56 Å². The van der Waals surface area contributed by atoms with Crippen molar-refractivity contribution in [3.63, 3.8) is 0 Å². The Labute approximate surface area is 140 Å². The van der Waals surface area contributed by atoms with Gasteiger partial charge in [0.15, 0.2) is 0 Å². The van der Waals surface area contributed by atoms with Crippen molar-refractivity contribution in [3.8, 4) is 5.69 Å². The molecule has 2 aromatic carbocycles. The van der Waals surface area contributed by atoms with Crippen LogP contribution < -0.4 is 5.56 Å². The van der Waals surface area contributed by atoms with E-state index in [0.29, 0.717) is 0 Å². The number of fused-ring (bicyclic) bond motifs is 1. The number of hydroxylamine groups is 1. The van der Waals surface area contributed by atoms with Gasteiger partial charge in [0.1, 0.15) is 0 Å². The van der Waals surface area contributed by atoms with Crippen molar-refractivity contribution >= 4 is 30.6 Å². The Bertz CT molecular complexity index is 951. The SMILES string of the molecule is Cc1ccc2[se]n(-c3ccccc3C=[N+]([O-])C(C)C)c(=O)c2c1. The quantitative estimate of drug-likeness (QED) is 0.233. The third-order valence-corrected chi connectivity index (χ3v) is 5.97. The van der Waals surface area contributed by atoms with Crippen LogP contribution in [0.25, 0.3) is 15.3 Å². The van der Waals surface area contributed by atoms with Crippen LogP contribution in [0.4, 0.5) is 0 Å². The summed E-state index contributed by atoms with van der Waals surface area (Å²) in [5.41, 5.74) is 2.68. The summed E-state index contributed by atoms with van der Waals surface area (Å²) in [7, 11) is 0. The fourth-order valence-corrected chi connectivity index (χ4v) is 4.50. The molecular formula is C18H18N2O2Se. The number of hydrogen-bond donors (Lipinski definition) is 0. The van der Waals surface area contributed by atoms with Gasteiger partial charge in [0.05, 0.1) is 0 Å². The van der Waals surface area contributed by atoms with Crippen molar-refractivity contribution in [2.75, 3.05) is 0 Å². The summed E-state index contributed by atoms with van der Waals surface area (Å²) in [6.45, 7) is 5.67. The van der Waals surface area contributed by atoms with Gasteiger partial charge in [-0.15, -0.1) is 0 Å². The molecule has 0 radical (unpaired) electrons. The van der Waals surface area contributed by atoms with Crippen molar-refractivity contribution < 1.29 is 4.74 Å². The van der Waals surface area contributed by atoms with Crippen LogP contribution >= 0.6 is 0 Å². The molecule has 0 aliphatic carbocycles. The van der Waals surface area contributed by atoms with E-state index in [9.17, 15) is 10.0 Å². The molecule has 0 fully saturated rings. The average Bonchev–Trinajstić information content (AvgIpc) is 2.84. The molecule has 5 heteroatoms. The Morgan fingerprint density at radius 3 is 2.70 bits per heavy atom. The Morgan fingerprint density at radius 1 is 1.22 bits per heavy atom. The standard InChI is InChI=1S/C18H18N2O2Se/c1-12(2)19(22)11-14-6-4-5-7-16(14)20-18(21)15-10-13(3)8-9-17(15)23-20/h4-12H,1-3H3. The first-order chi connectivity index (χ1) is 11.0. The predicted octanol–water partition coefficient (Wildman–Crippen LogP) is 2.69. The summed E-state index contributed by atoms with van der Waals surface area (Å²) in [6, 6.07) is 13.4. The van der Waals surface area contributed by atoms with Gasteiger partial charge in [-0.05, 0) is 0 Å². The fourth-order valence-electron chi connectivity index (χ4n) is 2.37. The zero-order valence-electron chi connectivity index (χ0n) is 13.3. The molecule has 0 aliphatic rings. The van der Waals surface area contributed by atoms with Crippen LogP contribution in [-0.2, 0) is 0 Å². The Morgan fingerprint density at radius 2 is 1.96 bits per heavy atom. The first kappa shape index (κ1) is 15.8. The first-order valence-electron chi connectivity index (χ1n) is 7.50. The second kappa shape index (κ2) is 6.19. The van der Waals surface area contributed by atoms with Gasteiger partial charge in [-0.2, -0.15) is 0 Å². The molecule has 4 nitrogen and oxygen atoms in total. The predicted molar refractivity (Wildman–Crippen MR) is 95.2 cm³/mol. The molecule has 1 aromatic heterocycles. The van der Waals surface area contributed by atoms with E-state index in [1.54, 1.807) is 9.78 Å². The molecule has 0 saturated carbocycles. The number of nitrogens with zero attached hydrogens (tertiary/aromatic N) is 2. The van der Waals surface area contributed by atoms with E-state index < -0.39 is 0 Å². The van der Waals surface area contributed by atoms with Gasteiger partial charge in [-0.3, -0.25) is 0 Å². The van der Waals surface area contributed by atoms with Crippen LogP contribution in [0.15, 0.2) is 47.3 Å². The fraction of sp³-hybridized carbons (Fsp3) is 0.222. The number of benzene rings is 2. The van der Waals surface area contributed by atoms with Gasteiger partial charge in [0.25, 0.3) is 0 Å². The molecular weight excluding hydrogens is 355 g/mol. The van der Waals surface area contributed by atoms with Gasteiger partial charge in [-0.1, -0.05) is 0 Å². The Balaban J connectivity index is 2.22. The Hall–Kier alpha value is -2.10. The van der Waals surface area contributed by atoms with E-state index >= 15 is 0 Å². The van der Waals surface area contributed by atoms with Gasteiger partial charge < -0.3 is 0 Å². The van der Waals surface area contributed by atoms with Gasteiger partial charge in [0, 0.05) is 0 Å². The number of rotatable bonds is 3. The molecule has 0 aliphatic heterocycles. The summed E-state index contributed by atoms with van der Waals surface area (Å²) in [6.07, 6.45) is 1.57. The molecule has 1 heterocycles. The van der Waals surface area contributed by atoms with Gasteiger partial charge in [-0.25, -0.2) is 0 Å². The average molecular weight is 373 g/mol. The summed E-state index contributed by atoms with van der Waals surface area (Å²) in [4.78, 5) is 12.8. The minimum atomic E-state index is -0.136. The van der Waals surface area contributed by atoms with Crippen LogP contribution in [0, 0.1) is 12.1 Å². The van der Waals surface area contributed by atoms with Crippen molar-refractivity contribution in [2.45, 2.75) is 26.8 Å². The van der Waals surface area contributed by atoms with Gasteiger partial charge in [0.2, 0.25) is 0 Å². The van der Waals surface area contributed by atoms with Crippen molar-refractivity contribution in [3.05, 3.63) is 69.2 Å². The van der Waals surface area contributed by atoms with E-state index in [0.717, 1.165) is 31.2 Å². The summed E-state index contributed by atoms with van der Waals surface area (Å²) in [5, 5.41) is 12.8. The maximum absolute atomic E-state index is 12.8. The summed E-state index contributed by atoms with van der Waals surface area (Å²) < 4.78 is 3.81. The third kappa shape index (κ3) is 3.03. The molecule has 0 N–H and O–H groups in total. The molecule has 0 saturated heterocycles. The number of hydrogen-bond acceptors (Lipinski definition) is 2. The third-order valence-electron chi connectivity index (χ3n) is 3.67. The molecule has 23 heavy (non-hydrogen) atoms. The zero-order chi connectivity index (χ0) is 16.6. The van der Waals surface area contributed by atoms with Gasteiger partial charge >= 0.3 is 141 Å². The van der Waals surface area contributed by atoms with Crippen LogP contribution in [0.3, 0.4) is 0 Å². The molecule has 0 bridgehead atoms. The second-order valence-corrected chi connectivity index (χ2v) is 7.90. The van der Waals surface area contributed by atoms with E-state index in [2.05, 4.69) is 0 Å². The summed E-state index contributed by atoms with van der Waals surface area (Å²) in [5.74, 6) is 0. The molecule has 0 atom stereocenters. The molecule has 0 unspecified atom stereocenters. The maximum atomic E-state index is 12.8. The van der Waals surface area contributed by atoms with Crippen molar-refractivity contribution in [1.29, 1.82) is 0 Å². The number of para-hydroxylation sites is 1. The normalized spacial score (nSPS) is 12.3. The zero-order valence-corrected chi connectivity index (χ0v) is 15.0. The number of aromatic nitrogens is 1. The summed E-state index contributed by atoms with van der Waals surface area (Å²) >= 11 is -0.102. The van der Waals surface area contributed by atoms with E-state index in [1.807, 2.05) is 63.2 Å². The van der Waals surface area contributed by atoms with E-state index in [1.165, 1.54) is 0 Å². The topological polar surface area (TPSA) is 48.1 Å². The van der Waals surface area contributed by atoms with E-state index in [-0.39, 0.29) is 26.3 Å². The molecule has 118 valence electrons. The monoisotopic (exact) mass is 374 g/mol. The second-order valence-electron chi connectivity index (χ2n) is 5.83. The Kier molecular flexibility index (Phi) is 4.24. The number of aryl methyl sites for hydroxylation is 1. The van der Waals surface area contributed by atoms with Crippen LogP contribution in [0.2, 0.25) is 0 Å². The molecule has 0 amide bonds. The first-order valence-corrected chi connectivity index (χ1v) is 9.12. The van der Waals surface area contributed by atoms with Crippen LogP contribution in [0.5, 0.6) is 0 Å². The molecule has 0 spiro atoms.